The van der Waals surface area contributed by atoms with Crippen molar-refractivity contribution >= 4 is 11.7 Å². The molecule has 2 bridgehead atoms. The van der Waals surface area contributed by atoms with Crippen LogP contribution < -0.4 is 5.23 Å². The van der Waals surface area contributed by atoms with Crippen LogP contribution in [0.5, 0.6) is 0 Å². The SMILES string of the molecule is CC1(C)C2CCC1(C)C(OC(=O)c1ccc([NH+]([O-])O)cc1)C2. The van der Waals surface area contributed by atoms with Gasteiger partial charge in [-0.3, -0.25) is 0 Å². The minimum atomic E-state index is -0.998. The van der Waals surface area contributed by atoms with Gasteiger partial charge in [0.05, 0.1) is 5.56 Å². The van der Waals surface area contributed by atoms with E-state index in [0.717, 1.165) is 12.8 Å². The van der Waals surface area contributed by atoms with E-state index >= 15 is 0 Å². The van der Waals surface area contributed by atoms with E-state index in [1.54, 1.807) is 0 Å². The van der Waals surface area contributed by atoms with E-state index < -0.39 is 5.23 Å². The molecule has 5 heteroatoms. The second-order valence-corrected chi connectivity index (χ2v) is 7.39. The first-order chi connectivity index (χ1) is 10.3. The van der Waals surface area contributed by atoms with Crippen molar-refractivity contribution in [3.8, 4) is 0 Å². The summed E-state index contributed by atoms with van der Waals surface area (Å²) >= 11 is 0. The monoisotopic (exact) mass is 305 g/mol. The second-order valence-electron chi connectivity index (χ2n) is 7.39. The van der Waals surface area contributed by atoms with Crippen LogP contribution in [0.2, 0.25) is 0 Å². The van der Waals surface area contributed by atoms with Gasteiger partial charge in [-0.2, -0.15) is 5.23 Å². The molecule has 1 aromatic carbocycles. The van der Waals surface area contributed by atoms with Crippen molar-refractivity contribution in [2.75, 3.05) is 0 Å². The maximum atomic E-state index is 12.3. The van der Waals surface area contributed by atoms with E-state index in [1.807, 2.05) is 0 Å². The Bertz CT molecular complexity index is 581. The van der Waals surface area contributed by atoms with Crippen molar-refractivity contribution < 1.29 is 20.0 Å². The van der Waals surface area contributed by atoms with Crippen LogP contribution in [0, 0.1) is 22.0 Å². The lowest BCUT2D eigenvalue weighted by molar-refractivity contribution is -0.991. The van der Waals surface area contributed by atoms with Crippen molar-refractivity contribution in [2.45, 2.75) is 46.1 Å². The van der Waals surface area contributed by atoms with Crippen LogP contribution in [-0.2, 0) is 4.74 Å². The van der Waals surface area contributed by atoms with Gasteiger partial charge in [-0.15, -0.1) is 0 Å². The molecule has 2 aliphatic carbocycles. The molecule has 5 nitrogen and oxygen atoms in total. The molecule has 0 amide bonds. The fourth-order valence-electron chi connectivity index (χ4n) is 4.25. The van der Waals surface area contributed by atoms with Crippen LogP contribution in [0.1, 0.15) is 50.4 Å². The Morgan fingerprint density at radius 2 is 1.95 bits per heavy atom. The molecule has 0 heterocycles. The Kier molecular flexibility index (Phi) is 3.55. The number of nitrogens with one attached hydrogen (secondary N) is 1. The quantitative estimate of drug-likeness (QED) is 0.664. The zero-order chi connectivity index (χ0) is 16.1. The molecular weight excluding hydrogens is 282 g/mol. The van der Waals surface area contributed by atoms with E-state index in [4.69, 9.17) is 9.94 Å². The number of quaternary nitrogens is 1. The maximum absolute atomic E-state index is 12.3. The summed E-state index contributed by atoms with van der Waals surface area (Å²) in [7, 11) is 0. The van der Waals surface area contributed by atoms with E-state index in [1.165, 1.54) is 30.7 Å². The third-order valence-electron chi connectivity index (χ3n) is 6.33. The number of benzene rings is 1. The molecule has 4 atom stereocenters. The first-order valence-electron chi connectivity index (χ1n) is 7.80. The molecule has 2 N–H and O–H groups in total. The van der Waals surface area contributed by atoms with Gasteiger partial charge >= 0.3 is 5.97 Å². The molecule has 0 aliphatic heterocycles. The molecule has 2 saturated carbocycles. The smallest absolute Gasteiger partial charge is 0.338 e. The van der Waals surface area contributed by atoms with Gasteiger partial charge in [-0.25, -0.2) is 10.0 Å². The van der Waals surface area contributed by atoms with Crippen LogP contribution in [0.15, 0.2) is 24.3 Å². The Morgan fingerprint density at radius 3 is 2.41 bits per heavy atom. The highest BCUT2D eigenvalue weighted by Gasteiger charge is 2.62. The Balaban J connectivity index is 1.73. The van der Waals surface area contributed by atoms with Crippen LogP contribution in [-0.4, -0.2) is 17.3 Å². The Labute approximate surface area is 130 Å². The number of carbonyl (C=O) groups is 1. The van der Waals surface area contributed by atoms with E-state index in [9.17, 15) is 10.0 Å². The molecular formula is C17H23NO4. The van der Waals surface area contributed by atoms with E-state index in [-0.39, 0.29) is 28.6 Å². The predicted molar refractivity (Wildman–Crippen MR) is 80.7 cm³/mol. The van der Waals surface area contributed by atoms with Crippen LogP contribution in [0.4, 0.5) is 5.69 Å². The van der Waals surface area contributed by atoms with E-state index in [0.29, 0.717) is 11.5 Å². The molecule has 0 spiro atoms. The average Bonchev–Trinajstić information content (AvgIpc) is 2.80. The lowest BCUT2D eigenvalue weighted by Crippen LogP contribution is -2.99. The van der Waals surface area contributed by atoms with Crippen LogP contribution in [0.3, 0.4) is 0 Å². The third-order valence-corrected chi connectivity index (χ3v) is 6.33. The fraction of sp³-hybridized carbons (Fsp3) is 0.588. The highest BCUT2D eigenvalue weighted by molar-refractivity contribution is 5.89. The van der Waals surface area contributed by atoms with Crippen molar-refractivity contribution in [1.29, 1.82) is 0 Å². The summed E-state index contributed by atoms with van der Waals surface area (Å²) in [5, 5.41) is 18.7. The summed E-state index contributed by atoms with van der Waals surface area (Å²) < 4.78 is 5.78. The lowest BCUT2D eigenvalue weighted by atomic mass is 9.70. The summed E-state index contributed by atoms with van der Waals surface area (Å²) in [4.78, 5) is 12.3. The molecule has 3 rings (SSSR count). The molecule has 0 saturated heterocycles. The van der Waals surface area contributed by atoms with Gasteiger partial charge in [0.15, 0.2) is 5.69 Å². The number of esters is 1. The molecule has 0 radical (unpaired) electrons. The molecule has 2 fully saturated rings. The van der Waals surface area contributed by atoms with Gasteiger partial charge < -0.3 is 9.94 Å². The number of rotatable bonds is 3. The summed E-state index contributed by atoms with van der Waals surface area (Å²) in [6.07, 6.45) is 3.20. The predicted octanol–water partition coefficient (Wildman–Crippen LogP) is 2.46. The average molecular weight is 305 g/mol. The number of hydrogen-bond acceptors (Lipinski definition) is 4. The van der Waals surface area contributed by atoms with Gasteiger partial charge in [-0.1, -0.05) is 20.8 Å². The largest absolute Gasteiger partial charge is 0.595 e. The minimum absolute atomic E-state index is 0.0360. The summed E-state index contributed by atoms with van der Waals surface area (Å²) in [5.74, 6) is 0.260. The Hall–Kier alpha value is -1.43. The normalized spacial score (nSPS) is 33.7. The highest BCUT2D eigenvalue weighted by atomic mass is 16.8. The van der Waals surface area contributed by atoms with Crippen molar-refractivity contribution in [1.82, 2.24) is 0 Å². The number of hydrogen-bond donors (Lipinski definition) is 2. The zero-order valence-corrected chi connectivity index (χ0v) is 13.3. The van der Waals surface area contributed by atoms with Crippen LogP contribution >= 0.6 is 0 Å². The van der Waals surface area contributed by atoms with E-state index in [2.05, 4.69) is 20.8 Å². The first-order valence-corrected chi connectivity index (χ1v) is 7.80. The van der Waals surface area contributed by atoms with Crippen molar-refractivity contribution in [3.63, 3.8) is 0 Å². The number of ether oxygens (including phenoxy) is 1. The molecule has 4 unspecified atom stereocenters. The molecule has 1 aromatic rings. The maximum Gasteiger partial charge on any atom is 0.338 e. The standard InChI is InChI=1S/C17H23NO4/c1-16(2)12-8-9-17(16,3)14(10-12)22-15(19)11-4-6-13(7-5-11)18(20)21/h4-7,12,14,18,20H,8-10H2,1-3H3. The Morgan fingerprint density at radius 1 is 1.32 bits per heavy atom. The topological polar surface area (TPSA) is 74.0 Å². The van der Waals surface area contributed by atoms with Gasteiger partial charge in [0, 0.05) is 17.5 Å². The van der Waals surface area contributed by atoms with Crippen molar-refractivity contribution in [2.24, 2.45) is 16.7 Å². The summed E-state index contributed by atoms with van der Waals surface area (Å²) in [5.41, 5.74) is 0.818. The molecule has 0 aromatic heterocycles. The molecule has 22 heavy (non-hydrogen) atoms. The van der Waals surface area contributed by atoms with Crippen LogP contribution in [0.25, 0.3) is 0 Å². The van der Waals surface area contributed by atoms with Gasteiger partial charge in [0.1, 0.15) is 6.10 Å². The summed E-state index contributed by atoms with van der Waals surface area (Å²) in [6.45, 7) is 6.78. The second kappa shape index (κ2) is 5.05. The molecule has 120 valence electrons. The fourth-order valence-corrected chi connectivity index (χ4v) is 4.25. The molecule has 2 aliphatic rings. The van der Waals surface area contributed by atoms with Gasteiger partial charge in [-0.05, 0) is 42.7 Å². The van der Waals surface area contributed by atoms with Crippen molar-refractivity contribution in [3.05, 3.63) is 35.0 Å². The first kappa shape index (κ1) is 15.5. The highest BCUT2D eigenvalue weighted by Crippen LogP contribution is 2.66. The third kappa shape index (κ3) is 2.16. The number of carbonyl (C=O) groups excluding carboxylic acids is 1. The zero-order valence-electron chi connectivity index (χ0n) is 13.3. The van der Waals surface area contributed by atoms with Gasteiger partial charge in [0.25, 0.3) is 0 Å². The number of fused-ring (bicyclic) bond motifs is 2. The van der Waals surface area contributed by atoms with Gasteiger partial charge in [0.2, 0.25) is 0 Å². The lowest BCUT2D eigenvalue weighted by Gasteiger charge is -2.38. The minimum Gasteiger partial charge on any atom is -0.595 e. The summed E-state index contributed by atoms with van der Waals surface area (Å²) in [6, 6.07) is 5.91.